The van der Waals surface area contributed by atoms with Crippen LogP contribution in [0.3, 0.4) is 0 Å². The maximum absolute atomic E-state index is 3.66. The molecule has 4 aromatic carbocycles. The first-order valence-electron chi connectivity index (χ1n) is 13.4. The minimum Gasteiger partial charge on any atom is -0.184 e. The molecule has 0 radical (unpaired) electrons. The summed E-state index contributed by atoms with van der Waals surface area (Å²) in [5.41, 5.74) is 6.73. The maximum Gasteiger partial charge on any atom is -0.171 e. The number of rotatable bonds is 3. The minimum absolute atomic E-state index is 0. The Balaban J connectivity index is 0.000000622. The summed E-state index contributed by atoms with van der Waals surface area (Å²) in [6.45, 7) is 10.9. The minimum atomic E-state index is 0. The second-order valence-corrected chi connectivity index (χ2v) is 9.32. The van der Waals surface area contributed by atoms with Crippen molar-refractivity contribution in [3.63, 3.8) is 0 Å². The molecule has 1 nitrogen and oxygen atoms in total. The third-order valence-electron chi connectivity index (χ3n) is 5.88. The van der Waals surface area contributed by atoms with E-state index < -0.39 is 0 Å². The first-order chi connectivity index (χ1) is 19.1. The molecule has 0 aromatic heterocycles. The predicted octanol–water partition coefficient (Wildman–Crippen LogP) is 8.89. The Morgan fingerprint density at radius 3 is 1.66 bits per heavy atom. The molecule has 2 aliphatic rings. The van der Waals surface area contributed by atoms with E-state index in [0.717, 1.165) is 12.8 Å². The molecule has 4 aromatic rings. The van der Waals surface area contributed by atoms with Crippen molar-refractivity contribution in [3.8, 4) is 11.1 Å². The topological polar surface area (TPSA) is 3.24 Å². The molecule has 0 heterocycles. The number of hydrogen-bond donors (Lipinski definition) is 0. The SMILES string of the molecule is CC(C)N(c1[c-]c2c(cc1)-c1ccccc1C2)C(C)C.Cl.Cl.[C-]1=CC=CC1.[SiH2]=[Zr].[c-]1ccccc1.[c-]1ccccc1. The zero-order valence-corrected chi connectivity index (χ0v) is 30.0. The summed E-state index contributed by atoms with van der Waals surface area (Å²) >= 11 is 1.58. The summed E-state index contributed by atoms with van der Waals surface area (Å²) in [4.78, 5) is 2.43. The number of hydrogen-bond acceptors (Lipinski definition) is 1. The van der Waals surface area contributed by atoms with E-state index in [0.29, 0.717) is 12.1 Å². The van der Waals surface area contributed by atoms with Crippen LogP contribution in [0.2, 0.25) is 0 Å². The molecule has 0 unspecified atom stereocenters. The molecule has 0 aliphatic heterocycles. The van der Waals surface area contributed by atoms with Gasteiger partial charge < -0.3 is 4.90 Å². The summed E-state index contributed by atoms with van der Waals surface area (Å²) in [6.07, 6.45) is 11.0. The van der Waals surface area contributed by atoms with Crippen LogP contribution in [0.15, 0.2) is 115 Å². The van der Waals surface area contributed by atoms with Gasteiger partial charge in [0.05, 0.1) is 0 Å². The van der Waals surface area contributed by atoms with Crippen LogP contribution in [-0.2, 0) is 29.8 Å². The van der Waals surface area contributed by atoms with Crippen molar-refractivity contribution in [2.45, 2.75) is 52.6 Å². The first kappa shape index (κ1) is 38.8. The van der Waals surface area contributed by atoms with Gasteiger partial charge in [0.15, 0.2) is 0 Å². The van der Waals surface area contributed by atoms with Gasteiger partial charge >= 0.3 is 30.2 Å². The molecule has 2 aliphatic carbocycles. The Hall–Kier alpha value is -2.16. The van der Waals surface area contributed by atoms with Crippen LogP contribution in [0.25, 0.3) is 11.1 Å². The number of nitrogens with zero attached hydrogens (tertiary/aromatic N) is 1. The Morgan fingerprint density at radius 1 is 0.707 bits per heavy atom. The maximum atomic E-state index is 3.66. The van der Waals surface area contributed by atoms with E-state index in [2.05, 4.69) is 99.3 Å². The third kappa shape index (κ3) is 14.0. The van der Waals surface area contributed by atoms with Crippen LogP contribution < -0.4 is 4.90 Å². The number of anilines is 1. The van der Waals surface area contributed by atoms with E-state index in [1.54, 1.807) is 23.3 Å². The van der Waals surface area contributed by atoms with Crippen molar-refractivity contribution in [1.82, 2.24) is 0 Å². The van der Waals surface area contributed by atoms with E-state index in [9.17, 15) is 0 Å². The molecule has 5 heteroatoms. The quantitative estimate of drug-likeness (QED) is 0.136. The normalized spacial score (nSPS) is 10.8. The molecule has 41 heavy (non-hydrogen) atoms. The fourth-order valence-corrected chi connectivity index (χ4v) is 4.37. The Bertz CT molecular complexity index is 1160. The van der Waals surface area contributed by atoms with Gasteiger partial charge in [-0.3, -0.25) is 6.08 Å². The summed E-state index contributed by atoms with van der Waals surface area (Å²) < 4.78 is 0. The summed E-state index contributed by atoms with van der Waals surface area (Å²) in [5, 5.41) is 0. The van der Waals surface area contributed by atoms with Crippen LogP contribution in [0.1, 0.15) is 45.2 Å². The molecule has 0 bridgehead atoms. The molecule has 0 atom stereocenters. The Labute approximate surface area is 278 Å². The van der Waals surface area contributed by atoms with E-state index in [4.69, 9.17) is 0 Å². The van der Waals surface area contributed by atoms with Gasteiger partial charge in [-0.1, -0.05) is 41.1 Å². The average Bonchev–Trinajstić information content (AvgIpc) is 3.68. The average molecular weight is 678 g/mol. The summed E-state index contributed by atoms with van der Waals surface area (Å²) in [5.74, 6) is 0. The van der Waals surface area contributed by atoms with Crippen molar-refractivity contribution in [2.24, 2.45) is 0 Å². The molecule has 0 fully saturated rings. The zero-order chi connectivity index (χ0) is 28.3. The second-order valence-electron chi connectivity index (χ2n) is 9.32. The predicted molar refractivity (Wildman–Crippen MR) is 181 cm³/mol. The monoisotopic (exact) mass is 675 g/mol. The van der Waals surface area contributed by atoms with Crippen molar-refractivity contribution < 1.29 is 23.3 Å². The van der Waals surface area contributed by atoms with Crippen LogP contribution in [0, 0.1) is 24.3 Å². The van der Waals surface area contributed by atoms with Gasteiger partial charge in [-0.25, -0.2) is 12.2 Å². The van der Waals surface area contributed by atoms with Gasteiger partial charge in [-0.2, -0.15) is 91.0 Å². The third-order valence-corrected chi connectivity index (χ3v) is 5.88. The van der Waals surface area contributed by atoms with Gasteiger partial charge in [-0.15, -0.1) is 48.4 Å². The van der Waals surface area contributed by atoms with Gasteiger partial charge in [0, 0.05) is 12.1 Å². The standard InChI is InChI=1S/C19H22N.2C6H5.C5H5.2ClH.H2Si.Zr/c1-13(2)20(14(3)4)17-9-10-19-16(12-17)11-15-7-5-6-8-18(15)19;2*1-2-4-6-5-3-1;1-2-4-5-3-1;;;;/h5-10,13-14H,11H2,1-4H3;2*1-5H;1-3H,4H2;2*1H;1H2;/q4*-1;;;;. The zero-order valence-electron chi connectivity index (χ0n) is 24.5. The molecule has 0 saturated heterocycles. The molecule has 0 amide bonds. The smallest absolute Gasteiger partial charge is 0.171 e. The van der Waals surface area contributed by atoms with Crippen LogP contribution in [0.5, 0.6) is 0 Å². The van der Waals surface area contributed by atoms with Crippen molar-refractivity contribution in [2.75, 3.05) is 4.90 Å². The van der Waals surface area contributed by atoms with E-state index >= 15 is 0 Å². The van der Waals surface area contributed by atoms with E-state index in [-0.39, 0.29) is 24.8 Å². The summed E-state index contributed by atoms with van der Waals surface area (Å²) in [7, 11) is 0. The van der Waals surface area contributed by atoms with Crippen molar-refractivity contribution in [1.29, 1.82) is 0 Å². The second kappa shape index (κ2) is 23.4. The van der Waals surface area contributed by atoms with Gasteiger partial charge in [0.2, 0.25) is 0 Å². The van der Waals surface area contributed by atoms with Crippen LogP contribution in [0.4, 0.5) is 5.69 Å². The molecular formula is C36H41Cl2NSiZr-4. The molecule has 6 rings (SSSR count). The summed E-state index contributed by atoms with van der Waals surface area (Å²) in [6, 6.07) is 42.8. The largest absolute Gasteiger partial charge is 0.184 e. The number of benzene rings is 4. The molecular weight excluding hydrogens is 637 g/mol. The van der Waals surface area contributed by atoms with Crippen LogP contribution in [-0.4, -0.2) is 19.0 Å². The number of allylic oxidation sites excluding steroid dienone is 4. The Kier molecular flexibility index (Phi) is 22.2. The fraction of sp³-hybridized carbons (Fsp3) is 0.222. The van der Waals surface area contributed by atoms with Crippen molar-refractivity contribution in [3.05, 3.63) is 151 Å². The molecule has 216 valence electrons. The van der Waals surface area contributed by atoms with E-state index in [1.807, 2.05) is 79.7 Å². The van der Waals surface area contributed by atoms with Gasteiger partial charge in [0.25, 0.3) is 0 Å². The fourth-order valence-electron chi connectivity index (χ4n) is 4.37. The van der Waals surface area contributed by atoms with Gasteiger partial charge in [-0.05, 0) is 34.1 Å². The molecule has 0 spiro atoms. The Morgan fingerprint density at radius 2 is 1.27 bits per heavy atom. The number of fused-ring (bicyclic) bond motifs is 3. The van der Waals surface area contributed by atoms with E-state index in [1.165, 1.54) is 27.9 Å². The molecule has 0 saturated carbocycles. The first-order valence-corrected chi connectivity index (χ1v) is 19.3. The van der Waals surface area contributed by atoms with Crippen LogP contribution >= 0.6 is 24.8 Å². The van der Waals surface area contributed by atoms with Crippen molar-refractivity contribution >= 4 is 37.4 Å². The van der Waals surface area contributed by atoms with Gasteiger partial charge in [0.1, 0.15) is 0 Å². The molecule has 0 N–H and O–H groups in total. The number of halogens is 2.